The number of halogens is 1. The summed E-state index contributed by atoms with van der Waals surface area (Å²) in [6.07, 6.45) is 0. The van der Waals surface area contributed by atoms with Gasteiger partial charge in [-0.3, -0.25) is 0 Å². The molecule has 1 aliphatic rings. The zero-order valence-corrected chi connectivity index (χ0v) is 10.9. The molecule has 0 radical (unpaired) electrons. The number of anilines is 2. The van der Waals surface area contributed by atoms with E-state index in [1.807, 2.05) is 0 Å². The van der Waals surface area contributed by atoms with Crippen LogP contribution in [0.5, 0.6) is 0 Å². The van der Waals surface area contributed by atoms with Crippen LogP contribution in [0.25, 0.3) is 0 Å². The summed E-state index contributed by atoms with van der Waals surface area (Å²) in [6.45, 7) is 7.64. The van der Waals surface area contributed by atoms with Gasteiger partial charge in [0, 0.05) is 13.1 Å². The molecule has 0 atom stereocenters. The Hall–Kier alpha value is -0.450. The lowest BCUT2D eigenvalue weighted by Gasteiger charge is -2.18. The summed E-state index contributed by atoms with van der Waals surface area (Å²) in [5, 5.41) is 0. The molecule has 78 valence electrons. The van der Waals surface area contributed by atoms with Crippen LogP contribution in [0.1, 0.15) is 13.8 Å². The molecule has 0 saturated carbocycles. The van der Waals surface area contributed by atoms with E-state index in [0.29, 0.717) is 0 Å². The topological polar surface area (TPSA) is 6.48 Å². The Morgan fingerprint density at radius 2 is 1.43 bits per heavy atom. The standard InChI is InChI=1S/C11H16N2.HI/c1-3-12-9-13(4-2)11-8-6-5-7-10(11)12;/h5-8H,3-4,9H2,1-2H3;1H/p-1. The van der Waals surface area contributed by atoms with Gasteiger partial charge >= 0.3 is 0 Å². The molecule has 0 saturated heterocycles. The molecule has 1 aliphatic heterocycles. The van der Waals surface area contributed by atoms with Crippen LogP contribution in [0.4, 0.5) is 11.4 Å². The van der Waals surface area contributed by atoms with Crippen LogP contribution in [-0.4, -0.2) is 19.8 Å². The predicted octanol–water partition coefficient (Wildman–Crippen LogP) is -0.686. The molecule has 0 N–H and O–H groups in total. The first-order valence-corrected chi connectivity index (χ1v) is 4.95. The number of rotatable bonds is 2. The van der Waals surface area contributed by atoms with Crippen LogP contribution >= 0.6 is 0 Å². The second kappa shape index (κ2) is 4.87. The highest BCUT2D eigenvalue weighted by molar-refractivity contribution is 5.75. The smallest absolute Gasteiger partial charge is 0.0903 e. The van der Waals surface area contributed by atoms with E-state index in [4.69, 9.17) is 0 Å². The second-order valence-corrected chi connectivity index (χ2v) is 3.34. The average molecular weight is 303 g/mol. The molecular weight excluding hydrogens is 287 g/mol. The summed E-state index contributed by atoms with van der Waals surface area (Å²) >= 11 is 0. The van der Waals surface area contributed by atoms with E-state index >= 15 is 0 Å². The highest BCUT2D eigenvalue weighted by Crippen LogP contribution is 2.34. The largest absolute Gasteiger partial charge is 1.00 e. The molecule has 1 heterocycles. The monoisotopic (exact) mass is 303 g/mol. The van der Waals surface area contributed by atoms with Gasteiger partial charge in [0.2, 0.25) is 0 Å². The quantitative estimate of drug-likeness (QED) is 0.668. The maximum Gasteiger partial charge on any atom is 0.0903 e. The normalized spacial score (nSPS) is 13.9. The van der Waals surface area contributed by atoms with Crippen molar-refractivity contribution < 1.29 is 24.0 Å². The summed E-state index contributed by atoms with van der Waals surface area (Å²) in [5.41, 5.74) is 2.76. The van der Waals surface area contributed by atoms with Gasteiger partial charge in [-0.15, -0.1) is 0 Å². The van der Waals surface area contributed by atoms with E-state index in [1.54, 1.807) is 0 Å². The van der Waals surface area contributed by atoms with Crippen molar-refractivity contribution in [3.05, 3.63) is 24.3 Å². The first-order valence-electron chi connectivity index (χ1n) is 4.95. The Morgan fingerprint density at radius 3 is 1.79 bits per heavy atom. The molecule has 2 rings (SSSR count). The summed E-state index contributed by atoms with van der Waals surface area (Å²) in [5.74, 6) is 0. The van der Waals surface area contributed by atoms with Crippen LogP contribution in [0.15, 0.2) is 24.3 Å². The number of nitrogens with zero attached hydrogens (tertiary/aromatic N) is 2. The third-order valence-corrected chi connectivity index (χ3v) is 2.67. The fourth-order valence-corrected chi connectivity index (χ4v) is 1.90. The van der Waals surface area contributed by atoms with E-state index in [2.05, 4.69) is 47.9 Å². The lowest BCUT2D eigenvalue weighted by atomic mass is 10.2. The third-order valence-electron chi connectivity index (χ3n) is 2.67. The minimum atomic E-state index is 0. The van der Waals surface area contributed by atoms with E-state index in [-0.39, 0.29) is 24.0 Å². The maximum atomic E-state index is 2.40. The van der Waals surface area contributed by atoms with E-state index in [9.17, 15) is 0 Å². The van der Waals surface area contributed by atoms with Gasteiger partial charge in [0.1, 0.15) is 0 Å². The Kier molecular flexibility index (Phi) is 4.04. The Morgan fingerprint density at radius 1 is 1.00 bits per heavy atom. The van der Waals surface area contributed by atoms with Crippen molar-refractivity contribution in [1.82, 2.24) is 0 Å². The average Bonchev–Trinajstić information content (AvgIpc) is 2.56. The summed E-state index contributed by atoms with van der Waals surface area (Å²) < 4.78 is 0. The van der Waals surface area contributed by atoms with Crippen LogP contribution in [0.3, 0.4) is 0 Å². The fraction of sp³-hybridized carbons (Fsp3) is 0.455. The van der Waals surface area contributed by atoms with Crippen molar-refractivity contribution in [1.29, 1.82) is 0 Å². The molecule has 0 aliphatic carbocycles. The minimum Gasteiger partial charge on any atom is -1.00 e. The molecule has 0 spiro atoms. The van der Waals surface area contributed by atoms with E-state index in [1.165, 1.54) is 11.4 Å². The first kappa shape index (κ1) is 11.6. The minimum absolute atomic E-state index is 0. The van der Waals surface area contributed by atoms with E-state index < -0.39 is 0 Å². The van der Waals surface area contributed by atoms with Gasteiger partial charge in [0.25, 0.3) is 0 Å². The predicted molar refractivity (Wildman–Crippen MR) is 57.3 cm³/mol. The number of hydrogen-bond donors (Lipinski definition) is 0. The van der Waals surface area contributed by atoms with E-state index in [0.717, 1.165) is 19.8 Å². The molecule has 0 amide bonds. The van der Waals surface area contributed by atoms with Crippen LogP contribution in [0.2, 0.25) is 0 Å². The summed E-state index contributed by atoms with van der Waals surface area (Å²) in [6, 6.07) is 8.63. The Balaban J connectivity index is 0.000000980. The SMILES string of the molecule is CCN1CN(CC)c2ccccc21.[I-]. The van der Waals surface area contributed by atoms with Crippen molar-refractivity contribution in [2.75, 3.05) is 29.6 Å². The number of hydrogen-bond acceptors (Lipinski definition) is 2. The molecule has 0 bridgehead atoms. The third kappa shape index (κ3) is 1.82. The lowest BCUT2D eigenvalue weighted by molar-refractivity contribution is -0.00000268. The van der Waals surface area contributed by atoms with Crippen molar-refractivity contribution in [2.24, 2.45) is 0 Å². The van der Waals surface area contributed by atoms with Crippen molar-refractivity contribution in [2.45, 2.75) is 13.8 Å². The number of para-hydroxylation sites is 2. The van der Waals surface area contributed by atoms with Gasteiger partial charge in [0.15, 0.2) is 0 Å². The lowest BCUT2D eigenvalue weighted by Crippen LogP contribution is -3.00. The first-order chi connectivity index (χ1) is 6.36. The summed E-state index contributed by atoms with van der Waals surface area (Å²) in [4.78, 5) is 4.80. The van der Waals surface area contributed by atoms with Crippen LogP contribution in [0, 0.1) is 0 Å². The molecule has 2 nitrogen and oxygen atoms in total. The fourth-order valence-electron chi connectivity index (χ4n) is 1.90. The Labute approximate surface area is 103 Å². The van der Waals surface area contributed by atoms with Crippen molar-refractivity contribution >= 4 is 11.4 Å². The molecule has 0 unspecified atom stereocenters. The molecule has 1 aromatic rings. The highest BCUT2D eigenvalue weighted by atomic mass is 127. The summed E-state index contributed by atoms with van der Waals surface area (Å²) in [7, 11) is 0. The second-order valence-electron chi connectivity index (χ2n) is 3.34. The van der Waals surface area contributed by atoms with Gasteiger partial charge in [-0.2, -0.15) is 0 Å². The Bertz CT molecular complexity index is 272. The molecule has 0 aromatic heterocycles. The number of benzene rings is 1. The molecule has 1 aromatic carbocycles. The van der Waals surface area contributed by atoms with Gasteiger partial charge in [-0.1, -0.05) is 12.1 Å². The molecule has 3 heteroatoms. The molecule has 14 heavy (non-hydrogen) atoms. The van der Waals surface area contributed by atoms with Crippen LogP contribution < -0.4 is 33.8 Å². The molecular formula is C11H16IN2-. The van der Waals surface area contributed by atoms with Gasteiger partial charge in [-0.25, -0.2) is 0 Å². The maximum absolute atomic E-state index is 2.40. The molecule has 0 fully saturated rings. The zero-order valence-electron chi connectivity index (χ0n) is 8.70. The van der Waals surface area contributed by atoms with Crippen molar-refractivity contribution in [3.8, 4) is 0 Å². The number of fused-ring (bicyclic) bond motifs is 1. The highest BCUT2D eigenvalue weighted by Gasteiger charge is 2.22. The van der Waals surface area contributed by atoms with Gasteiger partial charge in [-0.05, 0) is 26.0 Å². The van der Waals surface area contributed by atoms with Crippen LogP contribution in [-0.2, 0) is 0 Å². The van der Waals surface area contributed by atoms with Gasteiger partial charge in [0.05, 0.1) is 18.0 Å². The zero-order chi connectivity index (χ0) is 9.26. The van der Waals surface area contributed by atoms with Gasteiger partial charge < -0.3 is 33.8 Å². The van der Waals surface area contributed by atoms with Crippen molar-refractivity contribution in [3.63, 3.8) is 0 Å².